The zero-order valence-corrected chi connectivity index (χ0v) is 15.5. The largest absolute Gasteiger partial charge is 0.379 e. The highest BCUT2D eigenvalue weighted by atomic mass is 32.1. The molecule has 0 radical (unpaired) electrons. The lowest BCUT2D eigenvalue weighted by atomic mass is 9.90. The number of piperidine rings is 1. The second-order valence-corrected chi connectivity index (χ2v) is 8.32. The molecule has 1 aromatic heterocycles. The van der Waals surface area contributed by atoms with Gasteiger partial charge in [-0.25, -0.2) is 4.39 Å². The van der Waals surface area contributed by atoms with E-state index in [-0.39, 0.29) is 11.7 Å². The topological polar surface area (TPSA) is 43.8 Å². The SMILES string of the molecule is O=C1N(Cc2ccc(F)cc2)CCCC1(O)CN1CCc2sccc2C1. The first-order valence-corrected chi connectivity index (χ1v) is 9.95. The Morgan fingerprint density at radius 3 is 2.81 bits per heavy atom. The maximum absolute atomic E-state index is 13.1. The van der Waals surface area contributed by atoms with E-state index in [0.29, 0.717) is 26.1 Å². The van der Waals surface area contributed by atoms with Crippen LogP contribution in [0.15, 0.2) is 35.7 Å². The van der Waals surface area contributed by atoms with E-state index < -0.39 is 5.60 Å². The fourth-order valence-electron chi connectivity index (χ4n) is 3.98. The molecule has 1 fully saturated rings. The minimum Gasteiger partial charge on any atom is -0.379 e. The molecule has 1 aromatic carbocycles. The van der Waals surface area contributed by atoms with E-state index in [9.17, 15) is 14.3 Å². The van der Waals surface area contributed by atoms with Crippen LogP contribution >= 0.6 is 11.3 Å². The molecule has 4 rings (SSSR count). The van der Waals surface area contributed by atoms with Crippen molar-refractivity contribution in [2.45, 2.75) is 38.0 Å². The highest BCUT2D eigenvalue weighted by Gasteiger charge is 2.43. The molecule has 0 bridgehead atoms. The number of aliphatic hydroxyl groups is 1. The minimum atomic E-state index is -1.33. The second-order valence-electron chi connectivity index (χ2n) is 7.32. The molecular weight excluding hydrogens is 351 g/mol. The molecule has 26 heavy (non-hydrogen) atoms. The molecule has 1 N–H and O–H groups in total. The number of hydrogen-bond acceptors (Lipinski definition) is 4. The summed E-state index contributed by atoms with van der Waals surface area (Å²) in [5.41, 5.74) is 0.868. The normalized spacial score (nSPS) is 23.9. The zero-order chi connectivity index (χ0) is 18.1. The molecular formula is C20H23FN2O2S. The zero-order valence-electron chi connectivity index (χ0n) is 14.7. The van der Waals surface area contributed by atoms with Crippen LogP contribution in [-0.2, 0) is 24.3 Å². The number of likely N-dealkylation sites (tertiary alicyclic amines) is 1. The van der Waals surface area contributed by atoms with Gasteiger partial charge in [-0.2, -0.15) is 0 Å². The van der Waals surface area contributed by atoms with E-state index in [0.717, 1.165) is 31.5 Å². The minimum absolute atomic E-state index is 0.204. The van der Waals surface area contributed by atoms with Crippen LogP contribution in [0.25, 0.3) is 0 Å². The van der Waals surface area contributed by atoms with Crippen molar-refractivity contribution in [2.24, 2.45) is 0 Å². The van der Waals surface area contributed by atoms with Gasteiger partial charge in [0.15, 0.2) is 5.60 Å². The number of carbonyl (C=O) groups is 1. The van der Waals surface area contributed by atoms with Crippen molar-refractivity contribution in [1.29, 1.82) is 0 Å². The van der Waals surface area contributed by atoms with Gasteiger partial charge in [0, 0.05) is 37.6 Å². The van der Waals surface area contributed by atoms with Crippen LogP contribution in [0.5, 0.6) is 0 Å². The molecule has 1 unspecified atom stereocenters. The van der Waals surface area contributed by atoms with E-state index in [1.54, 1.807) is 28.4 Å². The van der Waals surface area contributed by atoms with Gasteiger partial charge in [-0.05, 0) is 54.0 Å². The number of halogens is 1. The van der Waals surface area contributed by atoms with Crippen molar-refractivity contribution in [2.75, 3.05) is 19.6 Å². The fourth-order valence-corrected chi connectivity index (χ4v) is 4.87. The molecule has 1 saturated heterocycles. The van der Waals surface area contributed by atoms with Crippen molar-refractivity contribution < 1.29 is 14.3 Å². The summed E-state index contributed by atoms with van der Waals surface area (Å²) in [4.78, 5) is 18.3. The summed E-state index contributed by atoms with van der Waals surface area (Å²) in [6.07, 6.45) is 2.26. The smallest absolute Gasteiger partial charge is 0.256 e. The first-order valence-electron chi connectivity index (χ1n) is 9.07. The van der Waals surface area contributed by atoms with Crippen LogP contribution in [0.4, 0.5) is 4.39 Å². The van der Waals surface area contributed by atoms with Crippen molar-refractivity contribution in [3.63, 3.8) is 0 Å². The molecule has 6 heteroatoms. The Balaban J connectivity index is 1.43. The van der Waals surface area contributed by atoms with Gasteiger partial charge in [0.25, 0.3) is 5.91 Å². The standard InChI is InChI=1S/C20H23FN2O2S/c21-17-4-2-15(3-5-17)12-23-9-1-8-20(25,19(23)24)14-22-10-6-18-16(13-22)7-11-26-18/h2-5,7,11,25H,1,6,8-10,12-14H2. The van der Waals surface area contributed by atoms with Gasteiger partial charge >= 0.3 is 0 Å². The average Bonchev–Trinajstić information content (AvgIpc) is 3.09. The van der Waals surface area contributed by atoms with Gasteiger partial charge in [0.1, 0.15) is 5.82 Å². The number of nitrogens with zero attached hydrogens (tertiary/aromatic N) is 2. The third-order valence-corrected chi connectivity index (χ3v) is 6.39. The third kappa shape index (κ3) is 3.54. The molecule has 1 amide bonds. The Bertz CT molecular complexity index is 791. The molecule has 1 atom stereocenters. The highest BCUT2D eigenvalue weighted by molar-refractivity contribution is 7.10. The lowest BCUT2D eigenvalue weighted by molar-refractivity contribution is -0.160. The second kappa shape index (κ2) is 7.10. The van der Waals surface area contributed by atoms with Gasteiger partial charge in [0.05, 0.1) is 0 Å². The van der Waals surface area contributed by atoms with E-state index in [2.05, 4.69) is 16.3 Å². The van der Waals surface area contributed by atoms with Gasteiger partial charge < -0.3 is 10.0 Å². The van der Waals surface area contributed by atoms with E-state index in [4.69, 9.17) is 0 Å². The van der Waals surface area contributed by atoms with Crippen LogP contribution in [0.1, 0.15) is 28.8 Å². The highest BCUT2D eigenvalue weighted by Crippen LogP contribution is 2.29. The summed E-state index contributed by atoms with van der Waals surface area (Å²) in [6, 6.07) is 8.34. The molecule has 138 valence electrons. The predicted molar refractivity (Wildman–Crippen MR) is 99.3 cm³/mol. The maximum Gasteiger partial charge on any atom is 0.256 e. The maximum atomic E-state index is 13.1. The summed E-state index contributed by atoms with van der Waals surface area (Å²) in [7, 11) is 0. The predicted octanol–water partition coefficient (Wildman–Crippen LogP) is 2.80. The molecule has 4 nitrogen and oxygen atoms in total. The number of rotatable bonds is 4. The number of thiophene rings is 1. The Hall–Kier alpha value is -1.76. The number of benzene rings is 1. The molecule has 2 aliphatic heterocycles. The van der Waals surface area contributed by atoms with Crippen molar-refractivity contribution in [3.05, 3.63) is 57.5 Å². The first-order chi connectivity index (χ1) is 12.5. The van der Waals surface area contributed by atoms with Crippen LogP contribution < -0.4 is 0 Å². The Labute approximate surface area is 156 Å². The van der Waals surface area contributed by atoms with E-state index >= 15 is 0 Å². The summed E-state index contributed by atoms with van der Waals surface area (Å²) < 4.78 is 13.1. The van der Waals surface area contributed by atoms with Gasteiger partial charge in [-0.1, -0.05) is 12.1 Å². The Morgan fingerprint density at radius 1 is 1.19 bits per heavy atom. The van der Waals surface area contributed by atoms with Crippen molar-refractivity contribution in [1.82, 2.24) is 9.80 Å². The average molecular weight is 374 g/mol. The molecule has 0 saturated carbocycles. The third-order valence-electron chi connectivity index (χ3n) is 5.36. The lowest BCUT2D eigenvalue weighted by Gasteiger charge is -2.41. The first kappa shape index (κ1) is 17.6. The van der Waals surface area contributed by atoms with Crippen LogP contribution in [0.3, 0.4) is 0 Å². The van der Waals surface area contributed by atoms with Crippen molar-refractivity contribution >= 4 is 17.2 Å². The molecule has 2 aromatic rings. The number of carbonyl (C=O) groups excluding carboxylic acids is 1. The number of β-amino-alcohol motifs (C(OH)–C–C–N with tert-alkyl or cyclic N) is 1. The lowest BCUT2D eigenvalue weighted by Crippen LogP contribution is -2.58. The molecule has 0 aliphatic carbocycles. The van der Waals surface area contributed by atoms with Gasteiger partial charge in [-0.3, -0.25) is 9.69 Å². The fraction of sp³-hybridized carbons (Fsp3) is 0.450. The van der Waals surface area contributed by atoms with Crippen LogP contribution in [0.2, 0.25) is 0 Å². The summed E-state index contributed by atoms with van der Waals surface area (Å²) in [5.74, 6) is -0.489. The summed E-state index contributed by atoms with van der Waals surface area (Å²) in [5, 5.41) is 13.2. The van der Waals surface area contributed by atoms with Crippen LogP contribution in [-0.4, -0.2) is 46.0 Å². The quantitative estimate of drug-likeness (QED) is 0.895. The number of hydrogen-bond donors (Lipinski definition) is 1. The van der Waals surface area contributed by atoms with E-state index in [1.165, 1.54) is 22.6 Å². The number of amides is 1. The monoisotopic (exact) mass is 374 g/mol. The summed E-state index contributed by atoms with van der Waals surface area (Å²) >= 11 is 1.78. The Kier molecular flexibility index (Phi) is 4.82. The molecule has 0 spiro atoms. The van der Waals surface area contributed by atoms with E-state index in [1.807, 2.05) is 0 Å². The molecule has 2 aliphatic rings. The van der Waals surface area contributed by atoms with Crippen LogP contribution in [0, 0.1) is 5.82 Å². The van der Waals surface area contributed by atoms with Gasteiger partial charge in [-0.15, -0.1) is 11.3 Å². The van der Waals surface area contributed by atoms with Crippen molar-refractivity contribution in [3.8, 4) is 0 Å². The molecule has 3 heterocycles. The number of fused-ring (bicyclic) bond motifs is 1. The summed E-state index contributed by atoms with van der Waals surface area (Å²) in [6.45, 7) is 3.10. The van der Waals surface area contributed by atoms with Gasteiger partial charge in [0.2, 0.25) is 0 Å². The Morgan fingerprint density at radius 2 is 2.00 bits per heavy atom.